The number of aryl methyl sites for hydroxylation is 2. The molecule has 1 rings (SSSR count). The van der Waals surface area contributed by atoms with E-state index in [2.05, 4.69) is 4.72 Å². The highest BCUT2D eigenvalue weighted by molar-refractivity contribution is 7.89. The van der Waals surface area contributed by atoms with E-state index < -0.39 is 21.9 Å². The molecule has 0 saturated heterocycles. The first-order valence-corrected chi connectivity index (χ1v) is 7.80. The lowest BCUT2D eigenvalue weighted by atomic mass is 10.1. The molecule has 0 spiro atoms. The highest BCUT2D eigenvalue weighted by Crippen LogP contribution is 2.21. The number of nitrogens with two attached hydrogens (primary N) is 1. The number of benzene rings is 1. The van der Waals surface area contributed by atoms with Crippen LogP contribution in [0.3, 0.4) is 0 Å². The normalized spacial score (nSPS) is 13.2. The second kappa shape index (κ2) is 6.32. The average molecular weight is 301 g/mol. The van der Waals surface area contributed by atoms with E-state index in [-0.39, 0.29) is 10.7 Å². The lowest BCUT2D eigenvalue weighted by Gasteiger charge is -2.18. The molecule has 0 fully saturated rings. The van der Waals surface area contributed by atoms with Crippen LogP contribution in [0, 0.1) is 25.1 Å². The minimum Gasteiger partial charge on any atom is -0.386 e. The van der Waals surface area contributed by atoms with Crippen LogP contribution in [-0.2, 0) is 10.0 Å². The fourth-order valence-electron chi connectivity index (χ4n) is 2.13. The number of hydrogen-bond acceptors (Lipinski definition) is 3. The highest BCUT2D eigenvalue weighted by Gasteiger charge is 2.25. The van der Waals surface area contributed by atoms with Gasteiger partial charge in [0.1, 0.15) is 11.7 Å². The van der Waals surface area contributed by atoms with Gasteiger partial charge in [-0.25, -0.2) is 17.5 Å². The van der Waals surface area contributed by atoms with Crippen molar-refractivity contribution in [1.29, 1.82) is 5.41 Å². The van der Waals surface area contributed by atoms with Gasteiger partial charge in [0.05, 0.1) is 10.9 Å². The van der Waals surface area contributed by atoms with E-state index in [1.807, 2.05) is 6.92 Å². The zero-order valence-electron chi connectivity index (χ0n) is 11.8. The molecule has 0 aromatic heterocycles. The van der Waals surface area contributed by atoms with E-state index >= 15 is 0 Å². The third kappa shape index (κ3) is 3.77. The largest absolute Gasteiger partial charge is 0.386 e. The molecule has 0 amide bonds. The van der Waals surface area contributed by atoms with Gasteiger partial charge in [0.2, 0.25) is 10.0 Å². The van der Waals surface area contributed by atoms with Gasteiger partial charge in [-0.05, 0) is 43.5 Å². The van der Waals surface area contributed by atoms with E-state index in [9.17, 15) is 12.8 Å². The predicted molar refractivity (Wildman–Crippen MR) is 76.8 cm³/mol. The second-order valence-corrected chi connectivity index (χ2v) is 6.44. The van der Waals surface area contributed by atoms with Crippen LogP contribution in [0.5, 0.6) is 0 Å². The fraction of sp³-hybridized carbons (Fsp3) is 0.462. The predicted octanol–water partition coefficient (Wildman–Crippen LogP) is 1.83. The summed E-state index contributed by atoms with van der Waals surface area (Å²) in [5, 5.41) is 7.43. The summed E-state index contributed by atoms with van der Waals surface area (Å²) in [5.74, 6) is -0.705. The van der Waals surface area contributed by atoms with Crippen LogP contribution in [-0.4, -0.2) is 20.3 Å². The minimum atomic E-state index is -3.84. The Labute approximate surface area is 118 Å². The molecule has 1 aromatic rings. The van der Waals surface area contributed by atoms with Crippen molar-refractivity contribution in [2.24, 2.45) is 5.73 Å². The molecule has 0 saturated carbocycles. The first kappa shape index (κ1) is 16.6. The quantitative estimate of drug-likeness (QED) is 0.552. The van der Waals surface area contributed by atoms with Gasteiger partial charge in [-0.2, -0.15) is 0 Å². The van der Waals surface area contributed by atoms with Crippen molar-refractivity contribution >= 4 is 15.9 Å². The number of halogens is 1. The van der Waals surface area contributed by atoms with E-state index in [1.54, 1.807) is 0 Å². The third-order valence-corrected chi connectivity index (χ3v) is 4.72. The van der Waals surface area contributed by atoms with Gasteiger partial charge in [-0.1, -0.05) is 13.3 Å². The Morgan fingerprint density at radius 2 is 1.90 bits per heavy atom. The Morgan fingerprint density at radius 1 is 1.40 bits per heavy atom. The summed E-state index contributed by atoms with van der Waals surface area (Å²) in [4.78, 5) is 0.0428. The molecule has 0 aliphatic heterocycles. The molecule has 0 aliphatic rings. The van der Waals surface area contributed by atoms with Gasteiger partial charge >= 0.3 is 0 Å². The van der Waals surface area contributed by atoms with Gasteiger partial charge in [-0.15, -0.1) is 0 Å². The highest BCUT2D eigenvalue weighted by atomic mass is 32.2. The Morgan fingerprint density at radius 3 is 2.30 bits per heavy atom. The molecule has 1 unspecified atom stereocenters. The van der Waals surface area contributed by atoms with E-state index in [4.69, 9.17) is 11.1 Å². The van der Waals surface area contributed by atoms with Crippen LogP contribution in [0.15, 0.2) is 17.0 Å². The van der Waals surface area contributed by atoms with Crippen molar-refractivity contribution < 1.29 is 12.8 Å². The first-order chi connectivity index (χ1) is 9.19. The Balaban J connectivity index is 3.20. The molecular formula is C13H20FN3O2S. The number of rotatable bonds is 6. The molecule has 20 heavy (non-hydrogen) atoms. The zero-order valence-corrected chi connectivity index (χ0v) is 12.6. The summed E-state index contributed by atoms with van der Waals surface area (Å²) in [7, 11) is -3.84. The molecule has 0 bridgehead atoms. The van der Waals surface area contributed by atoms with Crippen molar-refractivity contribution in [3.8, 4) is 0 Å². The molecule has 0 heterocycles. The molecule has 4 N–H and O–H groups in total. The van der Waals surface area contributed by atoms with E-state index in [0.29, 0.717) is 24.0 Å². The molecular weight excluding hydrogens is 281 g/mol. The molecule has 5 nitrogen and oxygen atoms in total. The summed E-state index contributed by atoms with van der Waals surface area (Å²) < 4.78 is 40.4. The van der Waals surface area contributed by atoms with Crippen LogP contribution >= 0.6 is 0 Å². The van der Waals surface area contributed by atoms with Crippen LogP contribution < -0.4 is 10.5 Å². The number of sulfonamides is 1. The summed E-state index contributed by atoms with van der Waals surface area (Å²) >= 11 is 0. The van der Waals surface area contributed by atoms with Crippen LogP contribution in [0.4, 0.5) is 4.39 Å². The van der Waals surface area contributed by atoms with Crippen molar-refractivity contribution in [1.82, 2.24) is 4.72 Å². The van der Waals surface area contributed by atoms with E-state index in [1.165, 1.54) is 26.0 Å². The van der Waals surface area contributed by atoms with Gasteiger partial charge in [0.15, 0.2) is 0 Å². The Kier molecular flexibility index (Phi) is 5.24. The Bertz CT molecular complexity index is 591. The topological polar surface area (TPSA) is 96.0 Å². The minimum absolute atomic E-state index is 0.0428. The van der Waals surface area contributed by atoms with Gasteiger partial charge in [0.25, 0.3) is 0 Å². The van der Waals surface area contributed by atoms with Crippen molar-refractivity contribution in [2.75, 3.05) is 0 Å². The molecule has 1 atom stereocenters. The molecule has 1 aromatic carbocycles. The lowest BCUT2D eigenvalue weighted by molar-refractivity contribution is 0.563. The lowest BCUT2D eigenvalue weighted by Crippen LogP contribution is -2.44. The van der Waals surface area contributed by atoms with Crippen LogP contribution in [0.25, 0.3) is 0 Å². The SMILES string of the molecule is CCCC(NS(=O)(=O)c1c(C)cc(F)cc1C)C(=N)N. The van der Waals surface area contributed by atoms with Crippen molar-refractivity contribution in [2.45, 2.75) is 44.6 Å². The van der Waals surface area contributed by atoms with Gasteiger partial charge < -0.3 is 5.73 Å². The maximum absolute atomic E-state index is 13.2. The first-order valence-electron chi connectivity index (χ1n) is 6.32. The van der Waals surface area contributed by atoms with E-state index in [0.717, 1.165) is 0 Å². The summed E-state index contributed by atoms with van der Waals surface area (Å²) in [6, 6.07) is 1.60. The summed E-state index contributed by atoms with van der Waals surface area (Å²) in [6.07, 6.45) is 1.13. The zero-order chi connectivity index (χ0) is 15.5. The molecule has 0 radical (unpaired) electrons. The van der Waals surface area contributed by atoms with Gasteiger partial charge in [0, 0.05) is 0 Å². The number of amidine groups is 1. The number of nitrogens with one attached hydrogen (secondary N) is 2. The number of hydrogen-bond donors (Lipinski definition) is 3. The van der Waals surface area contributed by atoms with Crippen molar-refractivity contribution in [3.05, 3.63) is 29.1 Å². The maximum Gasteiger partial charge on any atom is 0.241 e. The summed E-state index contributed by atoms with van der Waals surface area (Å²) in [5.41, 5.74) is 6.06. The second-order valence-electron chi connectivity index (χ2n) is 4.79. The smallest absolute Gasteiger partial charge is 0.241 e. The molecule has 7 heteroatoms. The van der Waals surface area contributed by atoms with Crippen LogP contribution in [0.2, 0.25) is 0 Å². The van der Waals surface area contributed by atoms with Crippen LogP contribution in [0.1, 0.15) is 30.9 Å². The Hall–Kier alpha value is -1.47. The summed E-state index contributed by atoms with van der Waals surface area (Å²) in [6.45, 7) is 4.94. The van der Waals surface area contributed by atoms with Gasteiger partial charge in [-0.3, -0.25) is 5.41 Å². The molecule has 112 valence electrons. The maximum atomic E-state index is 13.2. The fourth-order valence-corrected chi connectivity index (χ4v) is 3.84. The third-order valence-electron chi connectivity index (χ3n) is 2.94. The standard InChI is InChI=1S/C13H20FN3O2S/c1-4-5-11(13(15)16)17-20(18,19)12-8(2)6-10(14)7-9(12)3/h6-7,11,17H,4-5H2,1-3H3,(H3,15,16). The monoisotopic (exact) mass is 301 g/mol. The molecule has 0 aliphatic carbocycles. The van der Waals surface area contributed by atoms with Crippen molar-refractivity contribution in [3.63, 3.8) is 0 Å². The average Bonchev–Trinajstić information content (AvgIpc) is 2.25.